The van der Waals surface area contributed by atoms with Gasteiger partial charge in [0.25, 0.3) is 0 Å². The SMILES string of the molecule is BrCC(OCC1CCCCO1)c1ccccc1Br. The summed E-state index contributed by atoms with van der Waals surface area (Å²) in [7, 11) is 0. The highest BCUT2D eigenvalue weighted by atomic mass is 79.9. The third kappa shape index (κ3) is 4.05. The van der Waals surface area contributed by atoms with E-state index in [1.54, 1.807) is 0 Å². The van der Waals surface area contributed by atoms with Crippen LogP contribution < -0.4 is 0 Å². The molecule has 0 aliphatic carbocycles. The van der Waals surface area contributed by atoms with Crippen molar-refractivity contribution in [3.05, 3.63) is 34.3 Å². The van der Waals surface area contributed by atoms with Gasteiger partial charge in [0, 0.05) is 16.4 Å². The predicted molar refractivity (Wildman–Crippen MR) is 80.2 cm³/mol. The molecule has 0 aromatic heterocycles. The van der Waals surface area contributed by atoms with Gasteiger partial charge in [-0.1, -0.05) is 50.1 Å². The van der Waals surface area contributed by atoms with E-state index < -0.39 is 0 Å². The molecule has 0 N–H and O–H groups in total. The summed E-state index contributed by atoms with van der Waals surface area (Å²) >= 11 is 7.10. The van der Waals surface area contributed by atoms with Gasteiger partial charge < -0.3 is 9.47 Å². The van der Waals surface area contributed by atoms with Gasteiger partial charge in [0.2, 0.25) is 0 Å². The Morgan fingerprint density at radius 1 is 1.33 bits per heavy atom. The van der Waals surface area contributed by atoms with Gasteiger partial charge in [-0.3, -0.25) is 0 Å². The lowest BCUT2D eigenvalue weighted by Gasteiger charge is -2.25. The zero-order chi connectivity index (χ0) is 12.8. The van der Waals surface area contributed by atoms with E-state index in [9.17, 15) is 0 Å². The standard InChI is InChI=1S/C14H18Br2O2/c15-9-14(12-6-1-2-7-13(12)16)18-10-11-5-3-4-8-17-11/h1-2,6-7,11,14H,3-5,8-10H2. The molecule has 100 valence electrons. The third-order valence-electron chi connectivity index (χ3n) is 3.15. The van der Waals surface area contributed by atoms with E-state index >= 15 is 0 Å². The van der Waals surface area contributed by atoms with Crippen LogP contribution in [0.15, 0.2) is 28.7 Å². The average molecular weight is 378 g/mol. The van der Waals surface area contributed by atoms with Gasteiger partial charge in [-0.25, -0.2) is 0 Å². The minimum Gasteiger partial charge on any atom is -0.376 e. The fraction of sp³-hybridized carbons (Fsp3) is 0.571. The van der Waals surface area contributed by atoms with Gasteiger partial charge in [-0.05, 0) is 30.9 Å². The summed E-state index contributed by atoms with van der Waals surface area (Å²) in [4.78, 5) is 0. The topological polar surface area (TPSA) is 18.5 Å². The third-order valence-corrected chi connectivity index (χ3v) is 4.46. The fourth-order valence-electron chi connectivity index (χ4n) is 2.12. The molecular formula is C14H18Br2O2. The number of ether oxygens (including phenoxy) is 2. The van der Waals surface area contributed by atoms with E-state index in [0.717, 1.165) is 22.8 Å². The van der Waals surface area contributed by atoms with Crippen molar-refractivity contribution in [3.63, 3.8) is 0 Å². The number of rotatable bonds is 5. The van der Waals surface area contributed by atoms with Gasteiger partial charge in [0.05, 0.1) is 18.8 Å². The van der Waals surface area contributed by atoms with Crippen LogP contribution in [0.25, 0.3) is 0 Å². The van der Waals surface area contributed by atoms with Gasteiger partial charge in [-0.2, -0.15) is 0 Å². The smallest absolute Gasteiger partial charge is 0.0933 e. The number of hydrogen-bond acceptors (Lipinski definition) is 2. The lowest BCUT2D eigenvalue weighted by molar-refractivity contribution is -0.0587. The number of halogens is 2. The summed E-state index contributed by atoms with van der Waals surface area (Å²) < 4.78 is 12.8. The lowest BCUT2D eigenvalue weighted by Crippen LogP contribution is -2.25. The normalized spacial score (nSPS) is 21.8. The largest absolute Gasteiger partial charge is 0.376 e. The number of benzene rings is 1. The van der Waals surface area contributed by atoms with Crippen LogP contribution in [0.4, 0.5) is 0 Å². The van der Waals surface area contributed by atoms with Crippen LogP contribution in [-0.4, -0.2) is 24.6 Å². The van der Waals surface area contributed by atoms with Crippen molar-refractivity contribution in [3.8, 4) is 0 Å². The van der Waals surface area contributed by atoms with Crippen molar-refractivity contribution in [2.24, 2.45) is 0 Å². The molecule has 1 saturated heterocycles. The van der Waals surface area contributed by atoms with Gasteiger partial charge >= 0.3 is 0 Å². The minimum absolute atomic E-state index is 0.0751. The Morgan fingerprint density at radius 3 is 2.83 bits per heavy atom. The zero-order valence-electron chi connectivity index (χ0n) is 10.3. The van der Waals surface area contributed by atoms with Crippen molar-refractivity contribution in [1.29, 1.82) is 0 Å². The first-order valence-electron chi connectivity index (χ1n) is 6.35. The molecule has 0 bridgehead atoms. The van der Waals surface area contributed by atoms with Gasteiger partial charge in [-0.15, -0.1) is 0 Å². The molecule has 4 heteroatoms. The molecule has 1 aliphatic heterocycles. The molecule has 0 spiro atoms. The molecule has 0 saturated carbocycles. The van der Waals surface area contributed by atoms with E-state index in [0.29, 0.717) is 6.61 Å². The molecule has 2 rings (SSSR count). The van der Waals surface area contributed by atoms with Crippen LogP contribution in [0.2, 0.25) is 0 Å². The number of alkyl halides is 1. The summed E-state index contributed by atoms with van der Waals surface area (Å²) in [6.07, 6.45) is 3.89. The maximum absolute atomic E-state index is 6.00. The molecule has 2 nitrogen and oxygen atoms in total. The van der Waals surface area contributed by atoms with E-state index in [4.69, 9.17) is 9.47 Å². The molecular weight excluding hydrogens is 360 g/mol. The van der Waals surface area contributed by atoms with Crippen molar-refractivity contribution in [2.75, 3.05) is 18.5 Å². The van der Waals surface area contributed by atoms with Crippen molar-refractivity contribution < 1.29 is 9.47 Å². The second-order valence-electron chi connectivity index (χ2n) is 4.49. The molecule has 1 aromatic rings. The van der Waals surface area contributed by atoms with Crippen LogP contribution >= 0.6 is 31.9 Å². The first kappa shape index (κ1) is 14.5. The number of hydrogen-bond donors (Lipinski definition) is 0. The first-order chi connectivity index (χ1) is 8.81. The summed E-state index contributed by atoms with van der Waals surface area (Å²) in [5.74, 6) is 0. The van der Waals surface area contributed by atoms with Gasteiger partial charge in [0.15, 0.2) is 0 Å². The Bertz CT molecular complexity index is 365. The van der Waals surface area contributed by atoms with Crippen molar-refractivity contribution in [1.82, 2.24) is 0 Å². The lowest BCUT2D eigenvalue weighted by atomic mass is 10.1. The Labute approximate surface area is 125 Å². The highest BCUT2D eigenvalue weighted by Crippen LogP contribution is 2.28. The monoisotopic (exact) mass is 376 g/mol. The molecule has 2 atom stereocenters. The van der Waals surface area contributed by atoms with E-state index in [2.05, 4.69) is 37.9 Å². The van der Waals surface area contributed by atoms with Crippen molar-refractivity contribution in [2.45, 2.75) is 31.5 Å². The molecule has 1 fully saturated rings. The highest BCUT2D eigenvalue weighted by Gasteiger charge is 2.18. The first-order valence-corrected chi connectivity index (χ1v) is 8.26. The van der Waals surface area contributed by atoms with E-state index in [1.165, 1.54) is 18.4 Å². The average Bonchev–Trinajstić information content (AvgIpc) is 2.42. The molecule has 2 unspecified atom stereocenters. The fourth-order valence-corrected chi connectivity index (χ4v) is 3.19. The van der Waals surface area contributed by atoms with Crippen LogP contribution in [0, 0.1) is 0 Å². The second kappa shape index (κ2) is 7.63. The maximum atomic E-state index is 6.00. The zero-order valence-corrected chi connectivity index (χ0v) is 13.5. The predicted octanol–water partition coefficient (Wildman–Crippen LogP) is 4.47. The van der Waals surface area contributed by atoms with Crippen LogP contribution in [0.5, 0.6) is 0 Å². The Balaban J connectivity index is 1.91. The highest BCUT2D eigenvalue weighted by molar-refractivity contribution is 9.10. The molecule has 0 amide bonds. The molecule has 1 heterocycles. The summed E-state index contributed by atoms with van der Waals surface area (Å²) in [5.41, 5.74) is 1.19. The minimum atomic E-state index is 0.0751. The molecule has 18 heavy (non-hydrogen) atoms. The molecule has 0 radical (unpaired) electrons. The molecule has 1 aromatic carbocycles. The van der Waals surface area contributed by atoms with Crippen LogP contribution in [0.3, 0.4) is 0 Å². The van der Waals surface area contributed by atoms with E-state index in [1.807, 2.05) is 18.2 Å². The summed E-state index contributed by atoms with van der Waals surface area (Å²) in [6, 6.07) is 8.20. The Kier molecular flexibility index (Phi) is 6.15. The second-order valence-corrected chi connectivity index (χ2v) is 5.99. The van der Waals surface area contributed by atoms with E-state index in [-0.39, 0.29) is 12.2 Å². The quantitative estimate of drug-likeness (QED) is 0.704. The van der Waals surface area contributed by atoms with Crippen LogP contribution in [0.1, 0.15) is 30.9 Å². The summed E-state index contributed by atoms with van der Waals surface area (Å²) in [5, 5.41) is 0.794. The van der Waals surface area contributed by atoms with Gasteiger partial charge in [0.1, 0.15) is 0 Å². The Morgan fingerprint density at radius 2 is 2.17 bits per heavy atom. The summed E-state index contributed by atoms with van der Waals surface area (Å²) in [6.45, 7) is 1.56. The van der Waals surface area contributed by atoms with Crippen molar-refractivity contribution >= 4 is 31.9 Å². The maximum Gasteiger partial charge on any atom is 0.0933 e. The molecule has 1 aliphatic rings. The van der Waals surface area contributed by atoms with Crippen LogP contribution in [-0.2, 0) is 9.47 Å². The Hall–Kier alpha value is 0.100.